The lowest BCUT2D eigenvalue weighted by molar-refractivity contribution is -0.116. The summed E-state index contributed by atoms with van der Waals surface area (Å²) in [5.41, 5.74) is 0.975. The van der Waals surface area contributed by atoms with Crippen LogP contribution in [0.4, 0.5) is 10.1 Å². The number of nitrogens with one attached hydrogen (secondary N) is 1. The lowest BCUT2D eigenvalue weighted by Crippen LogP contribution is -2.37. The second kappa shape index (κ2) is 7.71. The number of rotatable bonds is 5. The maximum atomic E-state index is 13.2. The zero-order valence-electron chi connectivity index (χ0n) is 13.7. The highest BCUT2D eigenvalue weighted by Gasteiger charge is 2.37. The summed E-state index contributed by atoms with van der Waals surface area (Å²) in [6, 6.07) is 12.4. The summed E-state index contributed by atoms with van der Waals surface area (Å²) in [5, 5.41) is 2.99. The molecule has 0 aromatic heterocycles. The van der Waals surface area contributed by atoms with Gasteiger partial charge in [-0.15, -0.1) is 0 Å². The third-order valence-electron chi connectivity index (χ3n) is 3.98. The van der Waals surface area contributed by atoms with E-state index in [1.807, 2.05) is 0 Å². The van der Waals surface area contributed by atoms with Gasteiger partial charge in [-0.1, -0.05) is 35.9 Å². The summed E-state index contributed by atoms with van der Waals surface area (Å²) in [4.78, 5) is 12.1. The Kier molecular flexibility index (Phi) is 5.57. The van der Waals surface area contributed by atoms with E-state index in [9.17, 15) is 17.6 Å². The van der Waals surface area contributed by atoms with E-state index in [1.54, 1.807) is 24.3 Å². The largest absolute Gasteiger partial charge is 0.325 e. The molecule has 138 valence electrons. The molecule has 26 heavy (non-hydrogen) atoms. The summed E-state index contributed by atoms with van der Waals surface area (Å²) in [7, 11) is -3.77. The number of hydrogen-bond donors (Lipinski definition) is 1. The molecule has 0 unspecified atom stereocenters. The molecule has 1 amide bonds. The van der Waals surface area contributed by atoms with Crippen LogP contribution in [0.25, 0.3) is 0 Å². The summed E-state index contributed by atoms with van der Waals surface area (Å²) in [5.74, 6) is -1.01. The molecule has 6 nitrogen and oxygen atoms in total. The van der Waals surface area contributed by atoms with Gasteiger partial charge in [-0.05, 0) is 29.8 Å². The van der Waals surface area contributed by atoms with Crippen LogP contribution < -0.4 is 5.32 Å². The van der Waals surface area contributed by atoms with Crippen molar-refractivity contribution in [2.24, 2.45) is 0 Å². The van der Waals surface area contributed by atoms with E-state index in [1.165, 1.54) is 28.6 Å². The van der Waals surface area contributed by atoms with Crippen LogP contribution in [0.3, 0.4) is 0 Å². The predicted octanol–water partition coefficient (Wildman–Crippen LogP) is 2.48. The van der Waals surface area contributed by atoms with Gasteiger partial charge in [0.15, 0.2) is 0 Å². The number of carbonyl (C=O) groups is 1. The number of hydrogen-bond acceptors (Lipinski definition) is 3. The second-order valence-electron chi connectivity index (χ2n) is 5.82. The first kappa shape index (κ1) is 18.8. The van der Waals surface area contributed by atoms with Gasteiger partial charge >= 0.3 is 0 Å². The van der Waals surface area contributed by atoms with Gasteiger partial charge in [0.1, 0.15) is 5.82 Å². The lowest BCUT2D eigenvalue weighted by Gasteiger charge is -2.19. The molecule has 3 rings (SSSR count). The first-order valence-electron chi connectivity index (χ1n) is 7.90. The Bertz CT molecular complexity index is 923. The Balaban J connectivity index is 1.65. The van der Waals surface area contributed by atoms with Crippen LogP contribution in [-0.2, 0) is 21.5 Å². The molecule has 0 bridgehead atoms. The molecule has 1 N–H and O–H groups in total. The Morgan fingerprint density at radius 1 is 1.12 bits per heavy atom. The van der Waals surface area contributed by atoms with Crippen molar-refractivity contribution in [3.8, 4) is 0 Å². The van der Waals surface area contributed by atoms with Gasteiger partial charge in [0.25, 0.3) is 10.2 Å². The zero-order chi connectivity index (χ0) is 18.7. The molecule has 1 aliphatic heterocycles. The van der Waals surface area contributed by atoms with Crippen LogP contribution >= 0.6 is 11.6 Å². The molecule has 0 atom stereocenters. The molecule has 0 radical (unpaired) electrons. The molecule has 1 heterocycles. The predicted molar refractivity (Wildman–Crippen MR) is 97.4 cm³/mol. The number of benzene rings is 2. The van der Waals surface area contributed by atoms with Crippen LogP contribution in [0.5, 0.6) is 0 Å². The quantitative estimate of drug-likeness (QED) is 0.842. The van der Waals surface area contributed by atoms with Gasteiger partial charge in [-0.25, -0.2) is 4.39 Å². The number of nitrogens with zero attached hydrogens (tertiary/aromatic N) is 2. The molecule has 9 heteroatoms. The average Bonchev–Trinajstić information content (AvgIpc) is 2.84. The van der Waals surface area contributed by atoms with Crippen LogP contribution in [0.1, 0.15) is 5.56 Å². The van der Waals surface area contributed by atoms with Gasteiger partial charge in [0.2, 0.25) is 5.91 Å². The number of carbonyl (C=O) groups excluding carboxylic acids is 1. The maximum absolute atomic E-state index is 13.2. The molecular formula is C17H17ClFN3O3S. The summed E-state index contributed by atoms with van der Waals surface area (Å²) < 4.78 is 40.8. The first-order valence-corrected chi connectivity index (χ1v) is 9.68. The summed E-state index contributed by atoms with van der Waals surface area (Å²) >= 11 is 6.09. The molecule has 2 aromatic rings. The van der Waals surface area contributed by atoms with Crippen LogP contribution in [0.15, 0.2) is 48.5 Å². The third-order valence-corrected chi connectivity index (χ3v) is 6.28. The SMILES string of the molecule is O=C(CN1CCN(Cc2ccccc2Cl)S1(=O)=O)Nc1cccc(F)c1. The van der Waals surface area contributed by atoms with Gasteiger partial charge < -0.3 is 5.32 Å². The monoisotopic (exact) mass is 397 g/mol. The van der Waals surface area contributed by atoms with Crippen molar-refractivity contribution < 1.29 is 17.6 Å². The van der Waals surface area contributed by atoms with E-state index in [2.05, 4.69) is 5.32 Å². The Morgan fingerprint density at radius 3 is 2.58 bits per heavy atom. The number of amides is 1. The minimum absolute atomic E-state index is 0.143. The molecule has 2 aromatic carbocycles. The highest BCUT2D eigenvalue weighted by molar-refractivity contribution is 7.87. The molecule has 1 aliphatic rings. The fraction of sp³-hybridized carbons (Fsp3) is 0.235. The van der Waals surface area contributed by atoms with E-state index >= 15 is 0 Å². The fourth-order valence-corrected chi connectivity index (χ4v) is 4.41. The minimum atomic E-state index is -3.77. The molecular weight excluding hydrogens is 381 g/mol. The van der Waals surface area contributed by atoms with E-state index in [-0.39, 0.29) is 31.9 Å². The van der Waals surface area contributed by atoms with Crippen molar-refractivity contribution >= 4 is 33.4 Å². The number of anilines is 1. The standard InChI is InChI=1S/C17H17ClFN3O3S/c18-16-7-2-1-4-13(16)11-21-8-9-22(26(21,24)25)12-17(23)20-15-6-3-5-14(19)10-15/h1-7,10H,8-9,11-12H2,(H,20,23). The normalized spacial score (nSPS) is 17.3. The number of halogens is 2. The molecule has 0 saturated carbocycles. The Morgan fingerprint density at radius 2 is 1.85 bits per heavy atom. The van der Waals surface area contributed by atoms with Crippen molar-refractivity contribution in [2.75, 3.05) is 25.0 Å². The minimum Gasteiger partial charge on any atom is -0.325 e. The van der Waals surface area contributed by atoms with Gasteiger partial charge in [-0.3, -0.25) is 4.79 Å². The zero-order valence-corrected chi connectivity index (χ0v) is 15.3. The van der Waals surface area contributed by atoms with Gasteiger partial charge in [0, 0.05) is 30.3 Å². The van der Waals surface area contributed by atoms with Crippen molar-refractivity contribution in [1.82, 2.24) is 8.61 Å². The lowest BCUT2D eigenvalue weighted by atomic mass is 10.2. The first-order chi connectivity index (χ1) is 12.4. The van der Waals surface area contributed by atoms with E-state index < -0.39 is 21.9 Å². The van der Waals surface area contributed by atoms with Crippen LogP contribution in [-0.4, -0.2) is 42.6 Å². The van der Waals surface area contributed by atoms with Gasteiger partial charge in [0.05, 0.1) is 6.54 Å². The maximum Gasteiger partial charge on any atom is 0.282 e. The molecule has 0 aliphatic carbocycles. The van der Waals surface area contributed by atoms with Crippen molar-refractivity contribution in [3.05, 3.63) is 64.9 Å². The molecule has 0 spiro atoms. The van der Waals surface area contributed by atoms with Crippen molar-refractivity contribution in [1.29, 1.82) is 0 Å². The van der Waals surface area contributed by atoms with E-state index in [4.69, 9.17) is 11.6 Å². The summed E-state index contributed by atoms with van der Waals surface area (Å²) in [6.45, 7) is 0.270. The van der Waals surface area contributed by atoms with Crippen molar-refractivity contribution in [3.63, 3.8) is 0 Å². The Labute approximate surface area is 156 Å². The second-order valence-corrected chi connectivity index (χ2v) is 8.16. The van der Waals surface area contributed by atoms with Gasteiger partial charge in [-0.2, -0.15) is 17.0 Å². The molecule has 1 fully saturated rings. The fourth-order valence-electron chi connectivity index (χ4n) is 2.68. The highest BCUT2D eigenvalue weighted by atomic mass is 35.5. The average molecular weight is 398 g/mol. The highest BCUT2D eigenvalue weighted by Crippen LogP contribution is 2.23. The topological polar surface area (TPSA) is 69.7 Å². The van der Waals surface area contributed by atoms with E-state index in [0.29, 0.717) is 10.6 Å². The third kappa shape index (κ3) is 4.21. The smallest absolute Gasteiger partial charge is 0.282 e. The van der Waals surface area contributed by atoms with E-state index in [0.717, 1.165) is 4.31 Å². The van der Waals surface area contributed by atoms with Crippen molar-refractivity contribution in [2.45, 2.75) is 6.54 Å². The molecule has 1 saturated heterocycles. The summed E-state index contributed by atoms with van der Waals surface area (Å²) in [6.07, 6.45) is 0. The van der Waals surface area contributed by atoms with Crippen LogP contribution in [0.2, 0.25) is 5.02 Å². The van der Waals surface area contributed by atoms with Crippen LogP contribution in [0, 0.1) is 5.82 Å². The Hall–Kier alpha value is -2.00.